The van der Waals surface area contributed by atoms with Gasteiger partial charge >= 0.3 is 0 Å². The van der Waals surface area contributed by atoms with Gasteiger partial charge < -0.3 is 10.6 Å². The number of aromatic nitrogens is 3. The van der Waals surface area contributed by atoms with E-state index < -0.39 is 0 Å². The molecule has 0 unspecified atom stereocenters. The Morgan fingerprint density at radius 2 is 1.11 bits per heavy atom. The number of anilines is 4. The Kier molecular flexibility index (Phi) is 7.62. The molecule has 4 rings (SSSR count). The number of nitrogens with one attached hydrogen (secondary N) is 2. The lowest BCUT2D eigenvalue weighted by Gasteiger charge is -2.18. The van der Waals surface area contributed by atoms with Crippen molar-refractivity contribution in [2.75, 3.05) is 10.6 Å². The normalized spacial score (nSPS) is 11.6. The third-order valence-electron chi connectivity index (χ3n) is 5.81. The number of aryl methyl sites for hydroxylation is 4. The molecule has 37 heavy (non-hydrogen) atoms. The molecule has 0 atom stereocenters. The average molecular weight is 494 g/mol. The van der Waals surface area contributed by atoms with Gasteiger partial charge in [0.1, 0.15) is 0 Å². The summed E-state index contributed by atoms with van der Waals surface area (Å²) in [6.45, 7) is 15.3. The van der Waals surface area contributed by atoms with Crippen LogP contribution in [0.15, 0.2) is 70.9 Å². The van der Waals surface area contributed by atoms with Crippen molar-refractivity contribution in [2.24, 2.45) is 10.2 Å². The first kappa shape index (κ1) is 25.9. The quantitative estimate of drug-likeness (QED) is 0.253. The van der Waals surface area contributed by atoms with Crippen LogP contribution in [0.2, 0.25) is 0 Å². The molecule has 0 saturated heterocycles. The Bertz CT molecular complexity index is 1310. The van der Waals surface area contributed by atoms with Gasteiger partial charge in [0.15, 0.2) is 0 Å². The minimum absolute atomic E-state index is 0.114. The lowest BCUT2D eigenvalue weighted by Crippen LogP contribution is -2.10. The van der Waals surface area contributed by atoms with Gasteiger partial charge in [0, 0.05) is 11.4 Å². The third-order valence-corrected chi connectivity index (χ3v) is 5.81. The van der Waals surface area contributed by atoms with Crippen LogP contribution in [0.4, 0.5) is 29.2 Å². The molecule has 4 aromatic rings. The lowest BCUT2D eigenvalue weighted by atomic mass is 9.87. The SMILES string of the molecule is Cc1cc(C)cc(Nc2nc(N=NCc3ccc(C(C)(C)C)cc3)nc(Nc3cc(C)cc(C)c3)n2)c1. The molecule has 1 heterocycles. The summed E-state index contributed by atoms with van der Waals surface area (Å²) in [6, 6.07) is 20.9. The summed E-state index contributed by atoms with van der Waals surface area (Å²) in [4.78, 5) is 13.6. The molecular weight excluding hydrogens is 458 g/mol. The first-order valence-electron chi connectivity index (χ1n) is 12.5. The molecule has 0 saturated carbocycles. The van der Waals surface area contributed by atoms with Crippen molar-refractivity contribution in [1.29, 1.82) is 0 Å². The molecule has 3 aromatic carbocycles. The highest BCUT2D eigenvalue weighted by Gasteiger charge is 2.13. The lowest BCUT2D eigenvalue weighted by molar-refractivity contribution is 0.590. The van der Waals surface area contributed by atoms with Crippen LogP contribution in [0.3, 0.4) is 0 Å². The number of nitrogens with zero attached hydrogens (tertiary/aromatic N) is 5. The van der Waals surface area contributed by atoms with Crippen molar-refractivity contribution in [1.82, 2.24) is 15.0 Å². The summed E-state index contributed by atoms with van der Waals surface area (Å²) in [5.41, 5.74) is 8.91. The second-order valence-electron chi connectivity index (χ2n) is 10.6. The first-order valence-corrected chi connectivity index (χ1v) is 12.5. The summed E-state index contributed by atoms with van der Waals surface area (Å²) in [5.74, 6) is 1.03. The summed E-state index contributed by atoms with van der Waals surface area (Å²) in [5, 5.41) is 15.3. The smallest absolute Gasteiger partial charge is 0.275 e. The maximum Gasteiger partial charge on any atom is 0.275 e. The van der Waals surface area contributed by atoms with Crippen LogP contribution in [0, 0.1) is 27.7 Å². The Morgan fingerprint density at radius 1 is 0.649 bits per heavy atom. The van der Waals surface area contributed by atoms with E-state index in [4.69, 9.17) is 0 Å². The van der Waals surface area contributed by atoms with Crippen molar-refractivity contribution < 1.29 is 0 Å². The predicted octanol–water partition coefficient (Wildman–Crippen LogP) is 8.17. The third kappa shape index (κ3) is 7.43. The van der Waals surface area contributed by atoms with Crippen molar-refractivity contribution in [3.8, 4) is 0 Å². The summed E-state index contributed by atoms with van der Waals surface area (Å²) in [7, 11) is 0. The average Bonchev–Trinajstić information content (AvgIpc) is 2.77. The minimum atomic E-state index is 0.114. The van der Waals surface area contributed by atoms with E-state index in [1.54, 1.807) is 0 Å². The number of hydrogen-bond donors (Lipinski definition) is 2. The van der Waals surface area contributed by atoms with E-state index in [1.807, 2.05) is 0 Å². The van der Waals surface area contributed by atoms with E-state index >= 15 is 0 Å². The highest BCUT2D eigenvalue weighted by atomic mass is 15.3. The van der Waals surface area contributed by atoms with Gasteiger partial charge in [-0.1, -0.05) is 57.2 Å². The molecule has 0 spiro atoms. The molecule has 0 aliphatic heterocycles. The maximum atomic E-state index is 4.60. The predicted molar refractivity (Wildman–Crippen MR) is 152 cm³/mol. The molecule has 1 aromatic heterocycles. The van der Waals surface area contributed by atoms with Crippen LogP contribution < -0.4 is 10.6 Å². The van der Waals surface area contributed by atoms with E-state index in [1.165, 1.54) is 5.56 Å². The summed E-state index contributed by atoms with van der Waals surface area (Å²) in [6.07, 6.45) is 0. The molecule has 0 amide bonds. The number of benzene rings is 3. The fraction of sp³-hybridized carbons (Fsp3) is 0.300. The molecule has 0 radical (unpaired) electrons. The van der Waals surface area contributed by atoms with Gasteiger partial charge in [-0.25, -0.2) is 0 Å². The van der Waals surface area contributed by atoms with Crippen molar-refractivity contribution in [2.45, 2.75) is 60.4 Å². The molecule has 0 fully saturated rings. The fourth-order valence-corrected chi connectivity index (χ4v) is 4.16. The van der Waals surface area contributed by atoms with Gasteiger partial charge in [-0.05, 0) is 90.8 Å². The monoisotopic (exact) mass is 493 g/mol. The second kappa shape index (κ2) is 10.9. The van der Waals surface area contributed by atoms with Crippen LogP contribution >= 0.6 is 0 Å². The Balaban J connectivity index is 1.60. The van der Waals surface area contributed by atoms with Crippen molar-refractivity contribution in [3.63, 3.8) is 0 Å². The van der Waals surface area contributed by atoms with E-state index in [2.05, 4.69) is 145 Å². The van der Waals surface area contributed by atoms with Gasteiger partial charge in [0.25, 0.3) is 5.95 Å². The second-order valence-corrected chi connectivity index (χ2v) is 10.6. The number of rotatable bonds is 7. The Hall–Kier alpha value is -4.13. The molecular formula is C30H35N7. The van der Waals surface area contributed by atoms with Crippen LogP contribution in [-0.4, -0.2) is 15.0 Å². The summed E-state index contributed by atoms with van der Waals surface area (Å²) >= 11 is 0. The van der Waals surface area contributed by atoms with Gasteiger partial charge in [0.2, 0.25) is 11.9 Å². The molecule has 2 N–H and O–H groups in total. The van der Waals surface area contributed by atoms with E-state index in [0.29, 0.717) is 18.4 Å². The zero-order valence-electron chi connectivity index (χ0n) is 22.7. The Labute approximate surface area is 219 Å². The highest BCUT2D eigenvalue weighted by molar-refractivity contribution is 5.60. The van der Waals surface area contributed by atoms with Crippen molar-refractivity contribution >= 4 is 29.2 Å². The van der Waals surface area contributed by atoms with Crippen LogP contribution in [0.5, 0.6) is 0 Å². The highest BCUT2D eigenvalue weighted by Crippen LogP contribution is 2.24. The van der Waals surface area contributed by atoms with E-state index in [9.17, 15) is 0 Å². The topological polar surface area (TPSA) is 87.5 Å². The van der Waals surface area contributed by atoms with Gasteiger partial charge in [-0.15, -0.1) is 5.11 Å². The molecule has 0 aliphatic rings. The van der Waals surface area contributed by atoms with Crippen LogP contribution in [-0.2, 0) is 12.0 Å². The number of hydrogen-bond acceptors (Lipinski definition) is 7. The Morgan fingerprint density at radius 3 is 1.54 bits per heavy atom. The van der Waals surface area contributed by atoms with Gasteiger partial charge in [0.05, 0.1) is 6.54 Å². The summed E-state index contributed by atoms with van der Waals surface area (Å²) < 4.78 is 0. The largest absolute Gasteiger partial charge is 0.324 e. The molecule has 0 bridgehead atoms. The molecule has 7 heteroatoms. The van der Waals surface area contributed by atoms with Gasteiger partial charge in [-0.3, -0.25) is 0 Å². The molecule has 0 aliphatic carbocycles. The zero-order chi connectivity index (χ0) is 26.6. The standard InChI is InChI=1S/C30H35N7/c1-19-12-20(2)15-25(14-19)32-27-34-28(33-26-16-21(3)13-22(4)17-26)36-29(35-27)37-31-18-23-8-10-24(11-9-23)30(5,6)7/h8-17H,18H2,1-7H3,(H2,32,33,34,35,36). The van der Waals surface area contributed by atoms with Crippen molar-refractivity contribution in [3.05, 3.63) is 94.0 Å². The molecule has 7 nitrogen and oxygen atoms in total. The number of azo groups is 1. The van der Waals surface area contributed by atoms with Crippen LogP contribution in [0.1, 0.15) is 54.2 Å². The fourth-order valence-electron chi connectivity index (χ4n) is 4.16. The molecule has 190 valence electrons. The van der Waals surface area contributed by atoms with E-state index in [-0.39, 0.29) is 11.4 Å². The zero-order valence-corrected chi connectivity index (χ0v) is 22.7. The maximum absolute atomic E-state index is 4.60. The van der Waals surface area contributed by atoms with Crippen LogP contribution in [0.25, 0.3) is 0 Å². The van der Waals surface area contributed by atoms with Gasteiger partial charge in [-0.2, -0.15) is 20.1 Å². The first-order chi connectivity index (χ1) is 17.5. The van der Waals surface area contributed by atoms with E-state index in [0.717, 1.165) is 39.2 Å². The minimum Gasteiger partial charge on any atom is -0.324 e.